The van der Waals surface area contributed by atoms with Gasteiger partial charge in [0.1, 0.15) is 5.75 Å². The zero-order valence-electron chi connectivity index (χ0n) is 10.5. The largest absolute Gasteiger partial charge is 0.435 e. The van der Waals surface area contributed by atoms with Crippen LogP contribution in [0.4, 0.5) is 8.78 Å². The summed E-state index contributed by atoms with van der Waals surface area (Å²) in [5, 5.41) is 2.77. The Labute approximate surface area is 119 Å². The van der Waals surface area contributed by atoms with Gasteiger partial charge in [0.25, 0.3) is 5.91 Å². The summed E-state index contributed by atoms with van der Waals surface area (Å²) in [5.41, 5.74) is 0.425. The molecule has 0 bridgehead atoms. The van der Waals surface area contributed by atoms with Gasteiger partial charge in [0.05, 0.1) is 0 Å². The summed E-state index contributed by atoms with van der Waals surface area (Å²) in [6, 6.07) is 5.61. The number of carbonyl (C=O) groups is 1. The maximum absolute atomic E-state index is 11.9. The van der Waals surface area contributed by atoms with Crippen LogP contribution < -0.4 is 10.1 Å². The van der Waals surface area contributed by atoms with Crippen molar-refractivity contribution in [2.45, 2.75) is 31.2 Å². The Morgan fingerprint density at radius 2 is 2.00 bits per heavy atom. The number of ether oxygens (including phenoxy) is 1. The molecule has 3 nitrogen and oxygen atoms in total. The van der Waals surface area contributed by atoms with Crippen LogP contribution in [0.1, 0.15) is 30.1 Å². The minimum Gasteiger partial charge on any atom is -0.435 e. The van der Waals surface area contributed by atoms with E-state index >= 15 is 0 Å². The summed E-state index contributed by atoms with van der Waals surface area (Å²) >= 11 is 3.43. The normalized spacial score (nSPS) is 12.3. The van der Waals surface area contributed by atoms with E-state index in [4.69, 9.17) is 0 Å². The summed E-state index contributed by atoms with van der Waals surface area (Å²) in [4.78, 5) is 12.1. The molecule has 1 amide bonds. The van der Waals surface area contributed by atoms with Crippen LogP contribution in [-0.4, -0.2) is 23.9 Å². The van der Waals surface area contributed by atoms with Crippen molar-refractivity contribution in [3.8, 4) is 5.75 Å². The number of hydrogen-bond donors (Lipinski definition) is 1. The first kappa shape index (κ1) is 15.9. The molecule has 1 aromatic rings. The topological polar surface area (TPSA) is 38.3 Å². The second-order valence-corrected chi connectivity index (χ2v) is 5.64. The molecular formula is C13H16BrF2NO2. The standard InChI is InChI=1S/C13H16BrF2NO2/c1-9(14)3-2-8-17-12(18)10-4-6-11(7-5-10)19-13(15)16/h4-7,9,13H,2-3,8H2,1H3,(H,17,18). The summed E-state index contributed by atoms with van der Waals surface area (Å²) in [6.45, 7) is -0.223. The van der Waals surface area contributed by atoms with E-state index in [1.54, 1.807) is 0 Å². The Kier molecular flexibility index (Phi) is 6.77. The van der Waals surface area contributed by atoms with Crippen LogP contribution in [0, 0.1) is 0 Å². The van der Waals surface area contributed by atoms with Gasteiger partial charge in [-0.25, -0.2) is 0 Å². The third-order valence-corrected chi connectivity index (χ3v) is 2.86. The first-order valence-corrected chi connectivity index (χ1v) is 6.87. The van der Waals surface area contributed by atoms with Gasteiger partial charge in [0.15, 0.2) is 0 Å². The minimum absolute atomic E-state index is 0.0414. The van der Waals surface area contributed by atoms with E-state index < -0.39 is 6.61 Å². The Morgan fingerprint density at radius 3 is 2.53 bits per heavy atom. The second kappa shape index (κ2) is 8.09. The molecule has 106 valence electrons. The number of halogens is 3. The monoisotopic (exact) mass is 335 g/mol. The van der Waals surface area contributed by atoms with Crippen LogP contribution in [0.25, 0.3) is 0 Å². The highest BCUT2D eigenvalue weighted by atomic mass is 79.9. The summed E-state index contributed by atoms with van der Waals surface area (Å²) in [5.74, 6) is -0.175. The van der Waals surface area contributed by atoms with Crippen molar-refractivity contribution in [1.29, 1.82) is 0 Å². The average molecular weight is 336 g/mol. The van der Waals surface area contributed by atoms with Crippen LogP contribution in [0.15, 0.2) is 24.3 Å². The third kappa shape index (κ3) is 6.52. The SMILES string of the molecule is CC(Br)CCCNC(=O)c1ccc(OC(F)F)cc1. The number of alkyl halides is 3. The number of nitrogens with one attached hydrogen (secondary N) is 1. The lowest BCUT2D eigenvalue weighted by atomic mass is 10.2. The summed E-state index contributed by atoms with van der Waals surface area (Å²) in [7, 11) is 0. The highest BCUT2D eigenvalue weighted by molar-refractivity contribution is 9.09. The molecule has 19 heavy (non-hydrogen) atoms. The summed E-state index contributed by atoms with van der Waals surface area (Å²) < 4.78 is 28.1. The molecule has 6 heteroatoms. The molecule has 0 saturated heterocycles. The van der Waals surface area contributed by atoms with Gasteiger partial charge in [-0.1, -0.05) is 22.9 Å². The van der Waals surface area contributed by atoms with Crippen LogP contribution >= 0.6 is 15.9 Å². The third-order valence-electron chi connectivity index (χ3n) is 2.41. The molecule has 0 aliphatic rings. The van der Waals surface area contributed by atoms with Crippen molar-refractivity contribution in [1.82, 2.24) is 5.32 Å². The van der Waals surface area contributed by atoms with Gasteiger partial charge in [0, 0.05) is 16.9 Å². The maximum Gasteiger partial charge on any atom is 0.387 e. The Morgan fingerprint density at radius 1 is 1.37 bits per heavy atom. The van der Waals surface area contributed by atoms with Gasteiger partial charge in [-0.2, -0.15) is 8.78 Å². The van der Waals surface area contributed by atoms with Crippen molar-refractivity contribution < 1.29 is 18.3 Å². The van der Waals surface area contributed by atoms with Crippen molar-refractivity contribution in [3.05, 3.63) is 29.8 Å². The van der Waals surface area contributed by atoms with Gasteiger partial charge >= 0.3 is 6.61 Å². The highest BCUT2D eigenvalue weighted by Gasteiger charge is 2.07. The van der Waals surface area contributed by atoms with Gasteiger partial charge in [0.2, 0.25) is 0 Å². The van der Waals surface area contributed by atoms with E-state index in [0.717, 1.165) is 12.8 Å². The molecule has 0 heterocycles. The molecule has 1 rings (SSSR count). The lowest BCUT2D eigenvalue weighted by molar-refractivity contribution is -0.0498. The smallest absolute Gasteiger partial charge is 0.387 e. The fourth-order valence-corrected chi connectivity index (χ4v) is 1.80. The quantitative estimate of drug-likeness (QED) is 0.611. The average Bonchev–Trinajstić information content (AvgIpc) is 2.34. The number of carbonyl (C=O) groups excluding carboxylic acids is 1. The molecule has 0 spiro atoms. The lowest BCUT2D eigenvalue weighted by Gasteiger charge is -2.07. The molecule has 0 aliphatic carbocycles. The van der Waals surface area contributed by atoms with E-state index in [1.807, 2.05) is 6.92 Å². The van der Waals surface area contributed by atoms with E-state index in [0.29, 0.717) is 16.9 Å². The molecule has 0 fully saturated rings. The van der Waals surface area contributed by atoms with Crippen LogP contribution in [0.2, 0.25) is 0 Å². The molecular weight excluding hydrogens is 320 g/mol. The van der Waals surface area contributed by atoms with E-state index in [1.165, 1.54) is 24.3 Å². The van der Waals surface area contributed by atoms with E-state index in [2.05, 4.69) is 26.0 Å². The molecule has 0 aliphatic heterocycles. The molecule has 1 N–H and O–H groups in total. The lowest BCUT2D eigenvalue weighted by Crippen LogP contribution is -2.24. The second-order valence-electron chi connectivity index (χ2n) is 4.08. The fourth-order valence-electron chi connectivity index (χ4n) is 1.48. The Bertz CT molecular complexity index is 396. The van der Waals surface area contributed by atoms with E-state index in [9.17, 15) is 13.6 Å². The fraction of sp³-hybridized carbons (Fsp3) is 0.462. The zero-order valence-corrected chi connectivity index (χ0v) is 12.1. The highest BCUT2D eigenvalue weighted by Crippen LogP contribution is 2.14. The first-order valence-electron chi connectivity index (χ1n) is 5.96. The minimum atomic E-state index is -2.86. The Hall–Kier alpha value is -1.17. The van der Waals surface area contributed by atoms with E-state index in [-0.39, 0.29) is 11.7 Å². The molecule has 1 aromatic carbocycles. The number of rotatable bonds is 7. The number of benzene rings is 1. The van der Waals surface area contributed by atoms with Gasteiger partial charge < -0.3 is 10.1 Å². The molecule has 0 radical (unpaired) electrons. The van der Waals surface area contributed by atoms with Gasteiger partial charge in [-0.3, -0.25) is 4.79 Å². The van der Waals surface area contributed by atoms with Crippen molar-refractivity contribution in [3.63, 3.8) is 0 Å². The van der Waals surface area contributed by atoms with Crippen molar-refractivity contribution >= 4 is 21.8 Å². The molecule has 0 saturated carbocycles. The zero-order chi connectivity index (χ0) is 14.3. The van der Waals surface area contributed by atoms with Crippen LogP contribution in [0.5, 0.6) is 5.75 Å². The first-order chi connectivity index (χ1) is 8.99. The Balaban J connectivity index is 2.40. The molecule has 0 aromatic heterocycles. The summed E-state index contributed by atoms with van der Waals surface area (Å²) in [6.07, 6.45) is 1.85. The molecule has 1 atom stereocenters. The van der Waals surface area contributed by atoms with Crippen LogP contribution in [0.3, 0.4) is 0 Å². The van der Waals surface area contributed by atoms with Gasteiger partial charge in [-0.15, -0.1) is 0 Å². The van der Waals surface area contributed by atoms with Crippen molar-refractivity contribution in [2.24, 2.45) is 0 Å². The van der Waals surface area contributed by atoms with Gasteiger partial charge in [-0.05, 0) is 37.1 Å². The van der Waals surface area contributed by atoms with Crippen LogP contribution in [-0.2, 0) is 0 Å². The molecule has 1 unspecified atom stereocenters. The predicted octanol–water partition coefficient (Wildman–Crippen LogP) is 3.58. The maximum atomic E-state index is 11.9. The number of amides is 1. The predicted molar refractivity (Wildman–Crippen MR) is 73.0 cm³/mol. The van der Waals surface area contributed by atoms with Crippen molar-refractivity contribution in [2.75, 3.05) is 6.54 Å². The number of hydrogen-bond acceptors (Lipinski definition) is 2.